The minimum absolute atomic E-state index is 0.0219. The maximum atomic E-state index is 12.5. The van der Waals surface area contributed by atoms with Gasteiger partial charge in [0, 0.05) is 32.4 Å². The van der Waals surface area contributed by atoms with Crippen LogP contribution >= 0.6 is 0 Å². The maximum absolute atomic E-state index is 12.5. The molecule has 0 spiro atoms. The molecule has 156 valence electrons. The summed E-state index contributed by atoms with van der Waals surface area (Å²) in [5.74, 6) is 0.512. The first-order valence-corrected chi connectivity index (χ1v) is 9.10. The SMILES string of the molecule is CN1CCN(c2ccc(CN=C(N)Nc3ccccc3OC(F)(F)F)cn2)CC1. The lowest BCUT2D eigenvalue weighted by Gasteiger charge is -2.33. The third kappa shape index (κ3) is 6.24. The van der Waals surface area contributed by atoms with Crippen LogP contribution < -0.4 is 20.7 Å². The van der Waals surface area contributed by atoms with Gasteiger partial charge >= 0.3 is 6.36 Å². The van der Waals surface area contributed by atoms with Crippen LogP contribution in [0.5, 0.6) is 5.75 Å². The number of rotatable bonds is 5. The number of nitrogens with two attached hydrogens (primary N) is 1. The molecule has 0 unspecified atom stereocenters. The molecular weight excluding hydrogens is 385 g/mol. The molecule has 1 saturated heterocycles. The quantitative estimate of drug-likeness (QED) is 0.585. The van der Waals surface area contributed by atoms with E-state index < -0.39 is 6.36 Å². The number of likely N-dealkylation sites (N-methyl/N-ethyl adjacent to an activating group) is 1. The Bertz CT molecular complexity index is 833. The zero-order chi connectivity index (χ0) is 20.9. The largest absolute Gasteiger partial charge is 0.573 e. The summed E-state index contributed by atoms with van der Waals surface area (Å²) < 4.78 is 41.5. The Morgan fingerprint density at radius 1 is 1.17 bits per heavy atom. The Morgan fingerprint density at radius 3 is 2.55 bits per heavy atom. The van der Waals surface area contributed by atoms with Crippen molar-refractivity contribution >= 4 is 17.5 Å². The first kappa shape index (κ1) is 20.7. The third-order valence-electron chi connectivity index (χ3n) is 4.44. The highest BCUT2D eigenvalue weighted by Gasteiger charge is 2.32. The fourth-order valence-corrected chi connectivity index (χ4v) is 2.87. The van der Waals surface area contributed by atoms with E-state index in [0.717, 1.165) is 37.6 Å². The molecule has 0 radical (unpaired) electrons. The zero-order valence-electron chi connectivity index (χ0n) is 16.0. The van der Waals surface area contributed by atoms with Gasteiger partial charge in [0.2, 0.25) is 0 Å². The van der Waals surface area contributed by atoms with Crippen molar-refractivity contribution in [2.45, 2.75) is 12.9 Å². The number of alkyl halides is 3. The lowest BCUT2D eigenvalue weighted by Crippen LogP contribution is -2.44. The number of para-hydroxylation sites is 2. The highest BCUT2D eigenvalue weighted by molar-refractivity contribution is 5.93. The van der Waals surface area contributed by atoms with Crippen LogP contribution in [-0.2, 0) is 6.54 Å². The fourth-order valence-electron chi connectivity index (χ4n) is 2.87. The predicted molar refractivity (Wildman–Crippen MR) is 106 cm³/mol. The minimum atomic E-state index is -4.79. The van der Waals surface area contributed by atoms with Crippen LogP contribution in [0, 0.1) is 0 Å². The smallest absolute Gasteiger partial charge is 0.404 e. The first-order valence-electron chi connectivity index (χ1n) is 9.10. The van der Waals surface area contributed by atoms with Crippen LogP contribution in [0.1, 0.15) is 5.56 Å². The molecule has 1 aromatic carbocycles. The molecule has 1 aliphatic heterocycles. The van der Waals surface area contributed by atoms with Gasteiger partial charge < -0.3 is 25.6 Å². The summed E-state index contributed by atoms with van der Waals surface area (Å²) >= 11 is 0. The maximum Gasteiger partial charge on any atom is 0.573 e. The van der Waals surface area contributed by atoms with Crippen molar-refractivity contribution < 1.29 is 17.9 Å². The number of piperazine rings is 1. The van der Waals surface area contributed by atoms with Crippen molar-refractivity contribution in [3.8, 4) is 5.75 Å². The van der Waals surface area contributed by atoms with Crippen molar-refractivity contribution in [2.24, 2.45) is 10.7 Å². The molecule has 1 fully saturated rings. The Hall–Kier alpha value is -3.01. The summed E-state index contributed by atoms with van der Waals surface area (Å²) in [6.07, 6.45) is -3.06. The van der Waals surface area contributed by atoms with Gasteiger partial charge in [-0.1, -0.05) is 18.2 Å². The molecule has 7 nitrogen and oxygen atoms in total. The second-order valence-electron chi connectivity index (χ2n) is 6.69. The molecule has 29 heavy (non-hydrogen) atoms. The van der Waals surface area contributed by atoms with E-state index in [-0.39, 0.29) is 23.9 Å². The van der Waals surface area contributed by atoms with Crippen molar-refractivity contribution in [3.63, 3.8) is 0 Å². The highest BCUT2D eigenvalue weighted by atomic mass is 19.4. The van der Waals surface area contributed by atoms with E-state index in [0.29, 0.717) is 0 Å². The molecular formula is C19H23F3N6O. The topological polar surface area (TPSA) is 79.0 Å². The van der Waals surface area contributed by atoms with Gasteiger partial charge in [-0.15, -0.1) is 13.2 Å². The van der Waals surface area contributed by atoms with Gasteiger partial charge in [0.05, 0.1) is 12.2 Å². The van der Waals surface area contributed by atoms with Gasteiger partial charge in [-0.3, -0.25) is 0 Å². The average molecular weight is 408 g/mol. The summed E-state index contributed by atoms with van der Waals surface area (Å²) in [4.78, 5) is 13.1. The van der Waals surface area contributed by atoms with E-state index in [1.807, 2.05) is 12.1 Å². The predicted octanol–water partition coefficient (Wildman–Crippen LogP) is 2.66. The standard InChI is InChI=1S/C19H23F3N6O/c1-27-8-10-28(11-9-27)17-7-6-14(12-24-17)13-25-18(23)26-15-4-2-3-5-16(15)29-19(20,21)22/h2-7,12H,8-11,13H2,1H3,(H3,23,25,26). The molecule has 1 aliphatic rings. The summed E-state index contributed by atoms with van der Waals surface area (Å²) in [6, 6.07) is 9.48. The van der Waals surface area contributed by atoms with Gasteiger partial charge in [-0.2, -0.15) is 0 Å². The van der Waals surface area contributed by atoms with Crippen molar-refractivity contribution in [1.82, 2.24) is 9.88 Å². The van der Waals surface area contributed by atoms with Crippen molar-refractivity contribution in [2.75, 3.05) is 43.4 Å². The number of ether oxygens (including phenoxy) is 1. The minimum Gasteiger partial charge on any atom is -0.404 e. The number of halogens is 3. The first-order chi connectivity index (χ1) is 13.8. The molecule has 10 heteroatoms. The van der Waals surface area contributed by atoms with Crippen LogP contribution in [0.4, 0.5) is 24.7 Å². The van der Waals surface area contributed by atoms with E-state index >= 15 is 0 Å². The third-order valence-corrected chi connectivity index (χ3v) is 4.44. The highest BCUT2D eigenvalue weighted by Crippen LogP contribution is 2.29. The van der Waals surface area contributed by atoms with E-state index in [9.17, 15) is 13.2 Å². The number of aliphatic imine (C=N–C) groups is 1. The number of hydrogen-bond acceptors (Lipinski definition) is 5. The molecule has 0 amide bonds. The molecule has 2 heterocycles. The number of hydrogen-bond donors (Lipinski definition) is 2. The number of guanidine groups is 1. The lowest BCUT2D eigenvalue weighted by atomic mass is 10.2. The number of pyridine rings is 1. The Labute approximate surface area is 167 Å². The number of anilines is 2. The molecule has 1 aromatic heterocycles. The monoisotopic (exact) mass is 408 g/mol. The molecule has 3 rings (SSSR count). The van der Waals surface area contributed by atoms with E-state index in [1.165, 1.54) is 18.2 Å². The molecule has 0 aliphatic carbocycles. The average Bonchev–Trinajstić information content (AvgIpc) is 2.68. The molecule has 2 aromatic rings. The number of nitrogens with zero attached hydrogens (tertiary/aromatic N) is 4. The van der Waals surface area contributed by atoms with E-state index in [2.05, 4.69) is 36.9 Å². The van der Waals surface area contributed by atoms with E-state index in [1.54, 1.807) is 12.3 Å². The Morgan fingerprint density at radius 2 is 1.90 bits per heavy atom. The van der Waals surface area contributed by atoms with Crippen LogP contribution in [0.25, 0.3) is 0 Å². The second-order valence-corrected chi connectivity index (χ2v) is 6.69. The van der Waals surface area contributed by atoms with Crippen molar-refractivity contribution in [1.29, 1.82) is 0 Å². The fraction of sp³-hybridized carbons (Fsp3) is 0.368. The normalized spacial score (nSPS) is 16.0. The van der Waals surface area contributed by atoms with E-state index in [4.69, 9.17) is 5.73 Å². The zero-order valence-corrected chi connectivity index (χ0v) is 16.0. The number of aromatic nitrogens is 1. The van der Waals surface area contributed by atoms with Gasteiger partial charge in [0.1, 0.15) is 5.82 Å². The van der Waals surface area contributed by atoms with Gasteiger partial charge in [0.25, 0.3) is 0 Å². The summed E-state index contributed by atoms with van der Waals surface area (Å²) in [5, 5.41) is 2.64. The summed E-state index contributed by atoms with van der Waals surface area (Å²) in [6.45, 7) is 4.09. The summed E-state index contributed by atoms with van der Waals surface area (Å²) in [7, 11) is 2.10. The van der Waals surface area contributed by atoms with Gasteiger partial charge in [-0.25, -0.2) is 9.98 Å². The Kier molecular flexibility index (Phi) is 6.42. The van der Waals surface area contributed by atoms with Gasteiger partial charge in [-0.05, 0) is 30.8 Å². The van der Waals surface area contributed by atoms with Crippen LogP contribution in [-0.4, -0.2) is 55.4 Å². The van der Waals surface area contributed by atoms with Gasteiger partial charge in [0.15, 0.2) is 11.7 Å². The lowest BCUT2D eigenvalue weighted by molar-refractivity contribution is -0.274. The molecule has 0 atom stereocenters. The number of benzene rings is 1. The van der Waals surface area contributed by atoms with Crippen LogP contribution in [0.2, 0.25) is 0 Å². The van der Waals surface area contributed by atoms with Crippen LogP contribution in [0.15, 0.2) is 47.6 Å². The number of nitrogens with one attached hydrogen (secondary N) is 1. The summed E-state index contributed by atoms with van der Waals surface area (Å²) in [5.41, 5.74) is 6.73. The molecule has 0 bridgehead atoms. The second kappa shape index (κ2) is 8.99. The molecule has 0 saturated carbocycles. The Balaban J connectivity index is 1.59. The van der Waals surface area contributed by atoms with Crippen molar-refractivity contribution in [3.05, 3.63) is 48.2 Å². The van der Waals surface area contributed by atoms with Crippen LogP contribution in [0.3, 0.4) is 0 Å². The molecule has 3 N–H and O–H groups in total.